The van der Waals surface area contributed by atoms with Crippen LogP contribution in [0.15, 0.2) is 22.7 Å². The number of nitrogens with one attached hydrogen (secondary N) is 1. The minimum absolute atomic E-state index is 0.308. The Labute approximate surface area is 115 Å². The van der Waals surface area contributed by atoms with Crippen molar-refractivity contribution in [3.8, 4) is 0 Å². The van der Waals surface area contributed by atoms with E-state index in [1.54, 1.807) is 0 Å². The van der Waals surface area contributed by atoms with Gasteiger partial charge in [-0.15, -0.1) is 0 Å². The van der Waals surface area contributed by atoms with Gasteiger partial charge in [0.2, 0.25) is 5.95 Å². The van der Waals surface area contributed by atoms with E-state index in [1.807, 2.05) is 18.2 Å². The molecule has 0 saturated carbocycles. The lowest BCUT2D eigenvalue weighted by molar-refractivity contribution is 0.743. The number of anilines is 2. The second-order valence-corrected chi connectivity index (χ2v) is 5.14. The van der Waals surface area contributed by atoms with Crippen LogP contribution in [-0.4, -0.2) is 16.5 Å². The molecule has 18 heavy (non-hydrogen) atoms. The largest absolute Gasteiger partial charge is 0.369 e. The van der Waals surface area contributed by atoms with Crippen molar-refractivity contribution >= 4 is 38.6 Å². The van der Waals surface area contributed by atoms with Gasteiger partial charge in [-0.2, -0.15) is 4.98 Å². The summed E-state index contributed by atoms with van der Waals surface area (Å²) in [5.41, 5.74) is 6.58. The summed E-state index contributed by atoms with van der Waals surface area (Å²) in [6.45, 7) is 3.10. The van der Waals surface area contributed by atoms with Crippen molar-refractivity contribution in [3.63, 3.8) is 0 Å². The Morgan fingerprint density at radius 2 is 2.11 bits per heavy atom. The molecule has 2 aromatic rings. The summed E-state index contributed by atoms with van der Waals surface area (Å²) in [7, 11) is 0. The molecule has 1 aromatic carbocycles. The highest BCUT2D eigenvalue weighted by Gasteiger charge is 2.06. The number of nitrogen functional groups attached to an aromatic ring is 1. The summed E-state index contributed by atoms with van der Waals surface area (Å²) in [5.74, 6) is 1.12. The average Bonchev–Trinajstić information content (AvgIpc) is 2.35. The highest BCUT2D eigenvalue weighted by Crippen LogP contribution is 2.24. The summed E-state index contributed by atoms with van der Waals surface area (Å²) >= 11 is 3.46. The van der Waals surface area contributed by atoms with E-state index in [4.69, 9.17) is 5.73 Å². The molecule has 1 aromatic heterocycles. The van der Waals surface area contributed by atoms with Gasteiger partial charge in [-0.05, 0) is 24.6 Å². The van der Waals surface area contributed by atoms with Crippen LogP contribution in [0.2, 0.25) is 0 Å². The molecule has 0 aliphatic rings. The van der Waals surface area contributed by atoms with Crippen molar-refractivity contribution in [1.82, 2.24) is 9.97 Å². The number of halogens is 1. The van der Waals surface area contributed by atoms with E-state index in [-0.39, 0.29) is 0 Å². The number of rotatable bonds is 5. The molecular formula is C13H17BrN4. The zero-order valence-corrected chi connectivity index (χ0v) is 12.0. The van der Waals surface area contributed by atoms with Crippen molar-refractivity contribution in [1.29, 1.82) is 0 Å². The first-order valence-electron chi connectivity index (χ1n) is 6.17. The highest BCUT2D eigenvalue weighted by molar-refractivity contribution is 9.10. The Bertz CT molecular complexity index is 542. The van der Waals surface area contributed by atoms with Crippen LogP contribution in [-0.2, 0) is 0 Å². The number of unbranched alkanes of at least 4 members (excludes halogenated alkanes) is 2. The summed E-state index contributed by atoms with van der Waals surface area (Å²) in [4.78, 5) is 8.50. The molecule has 0 radical (unpaired) electrons. The number of aromatic nitrogens is 2. The van der Waals surface area contributed by atoms with Gasteiger partial charge in [0, 0.05) is 16.4 Å². The molecule has 0 atom stereocenters. The number of hydrogen-bond acceptors (Lipinski definition) is 4. The molecule has 4 nitrogen and oxygen atoms in total. The van der Waals surface area contributed by atoms with Gasteiger partial charge in [-0.3, -0.25) is 0 Å². The maximum Gasteiger partial charge on any atom is 0.222 e. The van der Waals surface area contributed by atoms with Crippen LogP contribution >= 0.6 is 15.9 Å². The second kappa shape index (κ2) is 6.00. The van der Waals surface area contributed by atoms with Crippen molar-refractivity contribution in [2.75, 3.05) is 17.6 Å². The fourth-order valence-electron chi connectivity index (χ4n) is 1.84. The Morgan fingerprint density at radius 3 is 2.89 bits per heavy atom. The first-order valence-corrected chi connectivity index (χ1v) is 6.96. The number of benzene rings is 1. The van der Waals surface area contributed by atoms with E-state index in [1.165, 1.54) is 12.8 Å². The van der Waals surface area contributed by atoms with Gasteiger partial charge in [0.05, 0.1) is 5.52 Å². The van der Waals surface area contributed by atoms with Crippen LogP contribution in [0.5, 0.6) is 0 Å². The lowest BCUT2D eigenvalue weighted by Crippen LogP contribution is -2.06. The standard InChI is InChI=1S/C13H17BrN4/c1-2-3-4-7-16-12-10-8-9(14)5-6-11(10)17-13(15)18-12/h5-6,8H,2-4,7H2,1H3,(H3,15,16,17,18). The van der Waals surface area contributed by atoms with Crippen LogP contribution in [0.4, 0.5) is 11.8 Å². The molecule has 0 amide bonds. The number of nitrogens with two attached hydrogens (primary N) is 1. The molecule has 2 rings (SSSR count). The molecule has 0 spiro atoms. The predicted octanol–water partition coefficient (Wildman–Crippen LogP) is 3.58. The second-order valence-electron chi connectivity index (χ2n) is 4.23. The van der Waals surface area contributed by atoms with Gasteiger partial charge in [-0.25, -0.2) is 4.98 Å². The van der Waals surface area contributed by atoms with Crippen LogP contribution in [0.1, 0.15) is 26.2 Å². The van der Waals surface area contributed by atoms with Gasteiger partial charge in [-0.1, -0.05) is 35.7 Å². The smallest absolute Gasteiger partial charge is 0.222 e. The fraction of sp³-hybridized carbons (Fsp3) is 0.385. The summed E-state index contributed by atoms with van der Waals surface area (Å²) < 4.78 is 1.01. The summed E-state index contributed by atoms with van der Waals surface area (Å²) in [6.07, 6.45) is 3.56. The molecule has 0 aliphatic heterocycles. The Kier molecular flexibility index (Phi) is 4.36. The Morgan fingerprint density at radius 1 is 1.28 bits per heavy atom. The van der Waals surface area contributed by atoms with Crippen molar-refractivity contribution in [2.45, 2.75) is 26.2 Å². The first kappa shape index (κ1) is 13.1. The van der Waals surface area contributed by atoms with Crippen LogP contribution in [0.3, 0.4) is 0 Å². The minimum Gasteiger partial charge on any atom is -0.369 e. The third-order valence-corrected chi connectivity index (χ3v) is 3.24. The van der Waals surface area contributed by atoms with Gasteiger partial charge < -0.3 is 11.1 Å². The van der Waals surface area contributed by atoms with E-state index >= 15 is 0 Å². The van der Waals surface area contributed by atoms with Crippen LogP contribution in [0, 0.1) is 0 Å². The number of fused-ring (bicyclic) bond motifs is 1. The van der Waals surface area contributed by atoms with E-state index < -0.39 is 0 Å². The number of nitrogens with zero attached hydrogens (tertiary/aromatic N) is 2. The first-order chi connectivity index (χ1) is 8.70. The monoisotopic (exact) mass is 308 g/mol. The molecule has 0 unspecified atom stereocenters. The molecular weight excluding hydrogens is 292 g/mol. The van der Waals surface area contributed by atoms with Crippen molar-refractivity contribution in [2.24, 2.45) is 0 Å². The molecule has 0 saturated heterocycles. The minimum atomic E-state index is 0.308. The van der Waals surface area contributed by atoms with Gasteiger partial charge >= 0.3 is 0 Å². The molecule has 0 aliphatic carbocycles. The molecule has 1 heterocycles. The lowest BCUT2D eigenvalue weighted by atomic mass is 10.2. The molecule has 0 fully saturated rings. The van der Waals surface area contributed by atoms with Crippen LogP contribution in [0.25, 0.3) is 10.9 Å². The lowest BCUT2D eigenvalue weighted by Gasteiger charge is -2.09. The van der Waals surface area contributed by atoms with Crippen LogP contribution < -0.4 is 11.1 Å². The van der Waals surface area contributed by atoms with Gasteiger partial charge in [0.1, 0.15) is 5.82 Å². The maximum absolute atomic E-state index is 5.72. The van der Waals surface area contributed by atoms with Crippen molar-refractivity contribution < 1.29 is 0 Å². The topological polar surface area (TPSA) is 63.8 Å². The van der Waals surface area contributed by atoms with E-state index in [0.717, 1.165) is 34.2 Å². The predicted molar refractivity (Wildman–Crippen MR) is 79.7 cm³/mol. The average molecular weight is 309 g/mol. The third kappa shape index (κ3) is 3.10. The quantitative estimate of drug-likeness (QED) is 0.829. The molecule has 0 bridgehead atoms. The van der Waals surface area contributed by atoms with Gasteiger partial charge in [0.15, 0.2) is 0 Å². The SMILES string of the molecule is CCCCCNc1nc(N)nc2ccc(Br)cc12. The molecule has 96 valence electrons. The third-order valence-electron chi connectivity index (χ3n) is 2.75. The normalized spacial score (nSPS) is 10.8. The summed E-state index contributed by atoms with van der Waals surface area (Å²) in [5, 5.41) is 4.33. The van der Waals surface area contributed by atoms with E-state index in [0.29, 0.717) is 5.95 Å². The highest BCUT2D eigenvalue weighted by atomic mass is 79.9. The molecule has 5 heteroatoms. The summed E-state index contributed by atoms with van der Waals surface area (Å²) in [6, 6.07) is 5.90. The zero-order valence-electron chi connectivity index (χ0n) is 10.4. The maximum atomic E-state index is 5.72. The zero-order chi connectivity index (χ0) is 13.0. The Balaban J connectivity index is 2.27. The van der Waals surface area contributed by atoms with Crippen molar-refractivity contribution in [3.05, 3.63) is 22.7 Å². The Hall–Kier alpha value is -1.36. The van der Waals surface area contributed by atoms with E-state index in [2.05, 4.69) is 38.1 Å². The molecule has 3 N–H and O–H groups in total. The van der Waals surface area contributed by atoms with E-state index in [9.17, 15) is 0 Å². The number of hydrogen-bond donors (Lipinski definition) is 2. The fourth-order valence-corrected chi connectivity index (χ4v) is 2.20. The van der Waals surface area contributed by atoms with Gasteiger partial charge in [0.25, 0.3) is 0 Å².